The number of hydrogen-bond donors (Lipinski definition) is 0. The maximum atomic E-state index is 14.1. The lowest BCUT2D eigenvalue weighted by Gasteiger charge is -2.19. The lowest BCUT2D eigenvalue weighted by Crippen LogP contribution is -2.30. The molecule has 2 heterocycles. The first-order chi connectivity index (χ1) is 13.1. The second-order valence-corrected chi connectivity index (χ2v) is 7.25. The van der Waals surface area contributed by atoms with Gasteiger partial charge in [-0.2, -0.15) is 0 Å². The number of anilines is 1. The highest BCUT2D eigenvalue weighted by Gasteiger charge is 2.23. The van der Waals surface area contributed by atoms with Crippen molar-refractivity contribution < 1.29 is 9.18 Å². The van der Waals surface area contributed by atoms with Crippen molar-refractivity contribution in [1.82, 2.24) is 9.97 Å². The smallest absolute Gasteiger partial charge is 0.260 e. The van der Waals surface area contributed by atoms with E-state index in [0.717, 1.165) is 0 Å². The molecule has 4 nitrogen and oxygen atoms in total. The van der Waals surface area contributed by atoms with Gasteiger partial charge in [-0.15, -0.1) is 0 Å². The molecule has 2 aromatic carbocycles. The molecule has 0 aliphatic heterocycles. The second kappa shape index (κ2) is 7.42. The summed E-state index contributed by atoms with van der Waals surface area (Å²) in [6.45, 7) is 0.216. The number of hydrogen-bond acceptors (Lipinski definition) is 4. The molecular weight excluding hydrogens is 385 g/mol. The Bertz CT molecular complexity index is 1120. The maximum Gasteiger partial charge on any atom is 0.260 e. The number of carbonyl (C=O) groups excluding carboxylic acids is 1. The van der Waals surface area contributed by atoms with Crippen molar-refractivity contribution in [3.63, 3.8) is 0 Å². The highest BCUT2D eigenvalue weighted by molar-refractivity contribution is 7.22. The predicted octanol–water partition coefficient (Wildman–Crippen LogP) is 5.33. The molecule has 0 fully saturated rings. The minimum Gasteiger partial charge on any atom is -0.278 e. The molecule has 4 aromatic rings. The zero-order chi connectivity index (χ0) is 18.8. The third kappa shape index (κ3) is 3.67. The molecule has 0 N–H and O–H groups in total. The quantitative estimate of drug-likeness (QED) is 0.467. The summed E-state index contributed by atoms with van der Waals surface area (Å²) in [4.78, 5) is 23.3. The number of para-hydroxylation sites is 1. The molecule has 1 amide bonds. The molecule has 4 rings (SSSR count). The average molecular weight is 398 g/mol. The molecule has 2 aromatic heterocycles. The molecule has 0 saturated heterocycles. The van der Waals surface area contributed by atoms with Crippen molar-refractivity contribution in [3.05, 3.63) is 89.0 Å². The van der Waals surface area contributed by atoms with Crippen LogP contribution in [-0.2, 0) is 6.54 Å². The lowest BCUT2D eigenvalue weighted by molar-refractivity contribution is 0.0985. The van der Waals surface area contributed by atoms with E-state index in [2.05, 4.69) is 9.97 Å². The second-order valence-electron chi connectivity index (χ2n) is 5.81. The van der Waals surface area contributed by atoms with Crippen LogP contribution in [0.4, 0.5) is 9.52 Å². The van der Waals surface area contributed by atoms with E-state index >= 15 is 0 Å². The van der Waals surface area contributed by atoms with Crippen LogP contribution < -0.4 is 4.90 Å². The van der Waals surface area contributed by atoms with E-state index in [0.29, 0.717) is 26.1 Å². The monoisotopic (exact) mass is 397 g/mol. The molecule has 0 saturated carbocycles. The molecule has 7 heteroatoms. The van der Waals surface area contributed by atoms with Crippen LogP contribution in [0.3, 0.4) is 0 Å². The summed E-state index contributed by atoms with van der Waals surface area (Å²) < 4.78 is 14.8. The van der Waals surface area contributed by atoms with E-state index in [4.69, 9.17) is 11.6 Å². The summed E-state index contributed by atoms with van der Waals surface area (Å²) in [7, 11) is 0. The fourth-order valence-corrected chi connectivity index (χ4v) is 3.84. The van der Waals surface area contributed by atoms with E-state index in [1.807, 2.05) is 12.1 Å². The third-order valence-electron chi connectivity index (χ3n) is 3.95. The van der Waals surface area contributed by atoms with Gasteiger partial charge in [-0.1, -0.05) is 41.1 Å². The van der Waals surface area contributed by atoms with Crippen molar-refractivity contribution in [2.45, 2.75) is 6.54 Å². The molecule has 134 valence electrons. The molecule has 0 aliphatic carbocycles. The highest BCUT2D eigenvalue weighted by Crippen LogP contribution is 2.32. The minimum absolute atomic E-state index is 0.216. The van der Waals surface area contributed by atoms with E-state index in [-0.39, 0.29) is 18.0 Å². The normalized spacial score (nSPS) is 10.9. The molecular formula is C20H13ClFN3OS. The van der Waals surface area contributed by atoms with Gasteiger partial charge < -0.3 is 0 Å². The van der Waals surface area contributed by atoms with Gasteiger partial charge in [-0.05, 0) is 42.5 Å². The summed E-state index contributed by atoms with van der Waals surface area (Å²) in [5.41, 5.74) is 1.38. The number of thiazole rings is 1. The predicted molar refractivity (Wildman–Crippen MR) is 106 cm³/mol. The molecule has 0 unspecified atom stereocenters. The number of rotatable bonds is 4. The largest absolute Gasteiger partial charge is 0.278 e. The molecule has 0 aliphatic rings. The fraction of sp³-hybridized carbons (Fsp3) is 0.0500. The number of fused-ring (bicyclic) bond motifs is 1. The van der Waals surface area contributed by atoms with Gasteiger partial charge in [0.2, 0.25) is 0 Å². The lowest BCUT2D eigenvalue weighted by atomic mass is 10.2. The standard InChI is InChI=1S/C20H13ClFN3OS/c21-14-6-3-5-13(11-14)19(26)25(12-15-7-1-2-10-23-15)20-24-18-16(22)8-4-9-17(18)27-20/h1-11H,12H2. The van der Waals surface area contributed by atoms with Crippen LogP contribution in [0.2, 0.25) is 5.02 Å². The van der Waals surface area contributed by atoms with Crippen LogP contribution in [0.15, 0.2) is 66.9 Å². The van der Waals surface area contributed by atoms with Crippen LogP contribution in [-0.4, -0.2) is 15.9 Å². The summed E-state index contributed by atoms with van der Waals surface area (Å²) in [5.74, 6) is -0.689. The molecule has 0 atom stereocenters. The Hall–Kier alpha value is -2.83. The number of aromatic nitrogens is 2. The summed E-state index contributed by atoms with van der Waals surface area (Å²) in [6, 6.07) is 16.9. The zero-order valence-electron chi connectivity index (χ0n) is 14.0. The minimum atomic E-state index is -0.414. The van der Waals surface area contributed by atoms with E-state index in [1.54, 1.807) is 48.7 Å². The first kappa shape index (κ1) is 17.6. The van der Waals surface area contributed by atoms with Crippen molar-refractivity contribution >= 4 is 44.2 Å². The van der Waals surface area contributed by atoms with Crippen molar-refractivity contribution in [3.8, 4) is 0 Å². The number of benzene rings is 2. The first-order valence-electron chi connectivity index (χ1n) is 8.14. The molecule has 0 radical (unpaired) electrons. The van der Waals surface area contributed by atoms with E-state index in [1.165, 1.54) is 22.3 Å². The van der Waals surface area contributed by atoms with Crippen LogP contribution >= 0.6 is 22.9 Å². The van der Waals surface area contributed by atoms with Gasteiger partial charge >= 0.3 is 0 Å². The molecule has 0 bridgehead atoms. The Morgan fingerprint density at radius 2 is 1.96 bits per heavy atom. The van der Waals surface area contributed by atoms with Crippen LogP contribution in [0.1, 0.15) is 16.1 Å². The third-order valence-corrected chi connectivity index (χ3v) is 5.23. The highest BCUT2D eigenvalue weighted by atomic mass is 35.5. The number of amides is 1. The van der Waals surface area contributed by atoms with Crippen LogP contribution in [0.5, 0.6) is 0 Å². The number of halogens is 2. The Kier molecular flexibility index (Phi) is 4.83. The van der Waals surface area contributed by atoms with Crippen molar-refractivity contribution in [2.75, 3.05) is 4.90 Å². The van der Waals surface area contributed by atoms with Gasteiger partial charge in [0.25, 0.3) is 5.91 Å². The summed E-state index contributed by atoms with van der Waals surface area (Å²) in [5, 5.41) is 0.875. The Labute approximate surface area is 163 Å². The van der Waals surface area contributed by atoms with Gasteiger partial charge in [0.05, 0.1) is 16.9 Å². The topological polar surface area (TPSA) is 46.1 Å². The van der Waals surface area contributed by atoms with E-state index < -0.39 is 5.82 Å². The van der Waals surface area contributed by atoms with Gasteiger partial charge in [-0.25, -0.2) is 9.37 Å². The van der Waals surface area contributed by atoms with Gasteiger partial charge in [0, 0.05) is 16.8 Å². The zero-order valence-corrected chi connectivity index (χ0v) is 15.5. The fourth-order valence-electron chi connectivity index (χ4n) is 2.68. The maximum absolute atomic E-state index is 14.1. The number of nitrogens with zero attached hydrogens (tertiary/aromatic N) is 3. The van der Waals surface area contributed by atoms with Gasteiger partial charge in [0.1, 0.15) is 11.3 Å². The average Bonchev–Trinajstić information content (AvgIpc) is 3.12. The summed E-state index contributed by atoms with van der Waals surface area (Å²) >= 11 is 7.30. The van der Waals surface area contributed by atoms with E-state index in [9.17, 15) is 9.18 Å². The Morgan fingerprint density at radius 3 is 2.70 bits per heavy atom. The van der Waals surface area contributed by atoms with Crippen molar-refractivity contribution in [1.29, 1.82) is 0 Å². The Balaban J connectivity index is 1.79. The number of carbonyl (C=O) groups is 1. The van der Waals surface area contributed by atoms with Crippen LogP contribution in [0, 0.1) is 5.82 Å². The number of pyridine rings is 1. The Morgan fingerprint density at radius 1 is 1.11 bits per heavy atom. The van der Waals surface area contributed by atoms with Crippen LogP contribution in [0.25, 0.3) is 10.2 Å². The molecule has 27 heavy (non-hydrogen) atoms. The van der Waals surface area contributed by atoms with Gasteiger partial charge in [0.15, 0.2) is 5.13 Å². The molecule has 0 spiro atoms. The summed E-state index contributed by atoms with van der Waals surface area (Å²) in [6.07, 6.45) is 1.66. The first-order valence-corrected chi connectivity index (χ1v) is 9.33. The van der Waals surface area contributed by atoms with Crippen molar-refractivity contribution in [2.24, 2.45) is 0 Å². The van der Waals surface area contributed by atoms with Gasteiger partial charge in [-0.3, -0.25) is 14.7 Å². The SMILES string of the molecule is O=C(c1cccc(Cl)c1)N(Cc1ccccn1)c1nc2c(F)cccc2s1.